The zero-order valence-electron chi connectivity index (χ0n) is 8.96. The van der Waals surface area contributed by atoms with Gasteiger partial charge < -0.3 is 20.6 Å². The van der Waals surface area contributed by atoms with Gasteiger partial charge in [0.1, 0.15) is 0 Å². The minimum Gasteiger partial charge on any atom is -0.388 e. The molecule has 0 radical (unpaired) electrons. The van der Waals surface area contributed by atoms with Crippen LogP contribution >= 0.6 is 0 Å². The van der Waals surface area contributed by atoms with Crippen LogP contribution in [0.3, 0.4) is 0 Å². The second kappa shape index (κ2) is 4.37. The van der Waals surface area contributed by atoms with Crippen molar-refractivity contribution in [3.63, 3.8) is 0 Å². The van der Waals surface area contributed by atoms with E-state index in [9.17, 15) is 9.90 Å². The minimum absolute atomic E-state index is 0.0341. The monoisotopic (exact) mass is 213 g/mol. The van der Waals surface area contributed by atoms with Gasteiger partial charge in [-0.25, -0.2) is 4.79 Å². The normalized spacial score (nSPS) is 26.2. The first-order chi connectivity index (χ1) is 7.20. The van der Waals surface area contributed by atoms with Gasteiger partial charge in [-0.1, -0.05) is 0 Å². The molecule has 0 aromatic heterocycles. The Morgan fingerprint density at radius 3 is 2.73 bits per heavy atom. The number of piperidine rings is 1. The van der Waals surface area contributed by atoms with Gasteiger partial charge in [0.05, 0.1) is 12.1 Å². The lowest BCUT2D eigenvalue weighted by molar-refractivity contribution is -0.0139. The summed E-state index contributed by atoms with van der Waals surface area (Å²) in [5, 5.41) is 16.3. The smallest absolute Gasteiger partial charge is 0.317 e. The molecule has 0 aromatic rings. The van der Waals surface area contributed by atoms with Crippen LogP contribution in [0.15, 0.2) is 0 Å². The van der Waals surface area contributed by atoms with Crippen molar-refractivity contribution in [3.8, 4) is 0 Å². The Balaban J connectivity index is 1.91. The summed E-state index contributed by atoms with van der Waals surface area (Å²) in [7, 11) is 0. The molecular formula is C10H19N3O2. The van der Waals surface area contributed by atoms with Gasteiger partial charge in [-0.2, -0.15) is 0 Å². The lowest BCUT2D eigenvalue weighted by Gasteiger charge is -2.38. The van der Waals surface area contributed by atoms with E-state index in [0.29, 0.717) is 6.54 Å². The van der Waals surface area contributed by atoms with Crippen molar-refractivity contribution in [1.29, 1.82) is 0 Å². The summed E-state index contributed by atoms with van der Waals surface area (Å²) in [6.07, 6.45) is 2.44. The summed E-state index contributed by atoms with van der Waals surface area (Å²) in [5.41, 5.74) is -0.681. The van der Waals surface area contributed by atoms with Crippen LogP contribution in [0.25, 0.3) is 0 Å². The van der Waals surface area contributed by atoms with E-state index in [2.05, 4.69) is 10.6 Å². The topological polar surface area (TPSA) is 64.6 Å². The maximum absolute atomic E-state index is 11.5. The Morgan fingerprint density at radius 1 is 1.33 bits per heavy atom. The van der Waals surface area contributed by atoms with Crippen molar-refractivity contribution < 1.29 is 9.90 Å². The van der Waals surface area contributed by atoms with Crippen LogP contribution in [0.1, 0.15) is 19.3 Å². The highest BCUT2D eigenvalue weighted by molar-refractivity contribution is 5.74. The molecule has 2 heterocycles. The summed E-state index contributed by atoms with van der Waals surface area (Å²) in [5.74, 6) is 0. The summed E-state index contributed by atoms with van der Waals surface area (Å²) in [6, 6.07) is -0.0341. The number of nitrogens with zero attached hydrogens (tertiary/aromatic N) is 1. The molecule has 2 aliphatic heterocycles. The third kappa shape index (κ3) is 2.60. The molecule has 0 spiro atoms. The molecule has 2 saturated heterocycles. The standard InChI is InChI=1S/C10H19N3O2/c14-9-12-4-1-7-13(9)8-10(15)2-5-11-6-3-10/h11,15H,1-8H2,(H,12,14). The number of urea groups is 1. The quantitative estimate of drug-likeness (QED) is 0.580. The fourth-order valence-corrected chi connectivity index (χ4v) is 2.23. The average molecular weight is 213 g/mol. The number of carbonyl (C=O) groups is 1. The molecule has 2 fully saturated rings. The summed E-state index contributed by atoms with van der Waals surface area (Å²) in [6.45, 7) is 3.68. The van der Waals surface area contributed by atoms with Crippen molar-refractivity contribution in [2.75, 3.05) is 32.7 Å². The van der Waals surface area contributed by atoms with Crippen molar-refractivity contribution in [2.45, 2.75) is 24.9 Å². The van der Waals surface area contributed by atoms with Crippen LogP contribution in [0, 0.1) is 0 Å². The SMILES string of the molecule is O=C1NCCCN1CC1(O)CCNCC1. The molecule has 2 aliphatic rings. The van der Waals surface area contributed by atoms with Gasteiger partial charge in [-0.15, -0.1) is 0 Å². The van der Waals surface area contributed by atoms with E-state index < -0.39 is 5.60 Å². The van der Waals surface area contributed by atoms with Crippen LogP contribution in [-0.4, -0.2) is 54.4 Å². The Morgan fingerprint density at radius 2 is 2.07 bits per heavy atom. The fraction of sp³-hybridized carbons (Fsp3) is 0.900. The number of carbonyl (C=O) groups excluding carboxylic acids is 1. The molecule has 0 bridgehead atoms. The summed E-state index contributed by atoms with van der Waals surface area (Å²) < 4.78 is 0. The first-order valence-corrected chi connectivity index (χ1v) is 5.66. The molecule has 2 rings (SSSR count). The Bertz CT molecular complexity index is 239. The van der Waals surface area contributed by atoms with Gasteiger partial charge in [-0.3, -0.25) is 0 Å². The Hall–Kier alpha value is -0.810. The highest BCUT2D eigenvalue weighted by Gasteiger charge is 2.33. The van der Waals surface area contributed by atoms with E-state index >= 15 is 0 Å². The van der Waals surface area contributed by atoms with Gasteiger partial charge in [0.2, 0.25) is 0 Å². The number of hydrogen-bond donors (Lipinski definition) is 3. The van der Waals surface area contributed by atoms with Gasteiger partial charge in [0.25, 0.3) is 0 Å². The molecule has 2 amide bonds. The largest absolute Gasteiger partial charge is 0.388 e. The molecule has 0 aromatic carbocycles. The maximum atomic E-state index is 11.5. The van der Waals surface area contributed by atoms with Crippen LogP contribution in [0.2, 0.25) is 0 Å². The van der Waals surface area contributed by atoms with Crippen molar-refractivity contribution in [1.82, 2.24) is 15.5 Å². The molecule has 5 heteroatoms. The predicted octanol–water partition coefficient (Wildman–Crippen LogP) is -0.484. The number of aliphatic hydroxyl groups is 1. The molecule has 0 saturated carbocycles. The second-order valence-corrected chi connectivity index (χ2v) is 4.48. The molecule has 86 valence electrons. The van der Waals surface area contributed by atoms with Crippen molar-refractivity contribution in [2.24, 2.45) is 0 Å². The fourth-order valence-electron chi connectivity index (χ4n) is 2.23. The zero-order valence-corrected chi connectivity index (χ0v) is 8.96. The molecule has 5 nitrogen and oxygen atoms in total. The number of hydrogen-bond acceptors (Lipinski definition) is 3. The van der Waals surface area contributed by atoms with Crippen molar-refractivity contribution >= 4 is 6.03 Å². The highest BCUT2D eigenvalue weighted by atomic mass is 16.3. The van der Waals surface area contributed by atoms with Gasteiger partial charge in [0.15, 0.2) is 0 Å². The maximum Gasteiger partial charge on any atom is 0.317 e. The molecular weight excluding hydrogens is 194 g/mol. The van der Waals surface area contributed by atoms with E-state index in [0.717, 1.165) is 45.4 Å². The predicted molar refractivity (Wildman–Crippen MR) is 56.6 cm³/mol. The first kappa shape index (κ1) is 10.7. The third-order valence-corrected chi connectivity index (χ3v) is 3.19. The van der Waals surface area contributed by atoms with Gasteiger partial charge in [-0.05, 0) is 32.4 Å². The first-order valence-electron chi connectivity index (χ1n) is 5.66. The number of β-amino-alcohol motifs (C(OH)–C–C–N with tert-alkyl or cyclic N) is 1. The van der Waals surface area contributed by atoms with Gasteiger partial charge >= 0.3 is 6.03 Å². The average Bonchev–Trinajstić information content (AvgIpc) is 2.22. The van der Waals surface area contributed by atoms with E-state index in [1.54, 1.807) is 4.90 Å². The second-order valence-electron chi connectivity index (χ2n) is 4.48. The summed E-state index contributed by atoms with van der Waals surface area (Å²) in [4.78, 5) is 13.2. The van der Waals surface area contributed by atoms with Crippen molar-refractivity contribution in [3.05, 3.63) is 0 Å². The Kier molecular flexibility index (Phi) is 3.11. The number of nitrogens with one attached hydrogen (secondary N) is 2. The number of rotatable bonds is 2. The van der Waals surface area contributed by atoms with E-state index in [1.165, 1.54) is 0 Å². The van der Waals surface area contributed by atoms with Crippen LogP contribution in [0.4, 0.5) is 4.79 Å². The lowest BCUT2D eigenvalue weighted by Crippen LogP contribution is -2.55. The van der Waals surface area contributed by atoms with E-state index in [1.807, 2.05) is 0 Å². The van der Waals surface area contributed by atoms with Crippen LogP contribution in [-0.2, 0) is 0 Å². The van der Waals surface area contributed by atoms with E-state index in [4.69, 9.17) is 0 Å². The van der Waals surface area contributed by atoms with Gasteiger partial charge in [0, 0.05) is 13.1 Å². The molecule has 0 atom stereocenters. The Labute approximate surface area is 89.8 Å². The van der Waals surface area contributed by atoms with Crippen LogP contribution < -0.4 is 10.6 Å². The molecule has 15 heavy (non-hydrogen) atoms. The lowest BCUT2D eigenvalue weighted by atomic mass is 9.92. The molecule has 0 unspecified atom stereocenters. The summed E-state index contributed by atoms with van der Waals surface area (Å²) >= 11 is 0. The van der Waals surface area contributed by atoms with E-state index in [-0.39, 0.29) is 6.03 Å². The van der Waals surface area contributed by atoms with Crippen LogP contribution in [0.5, 0.6) is 0 Å². The molecule has 3 N–H and O–H groups in total. The highest BCUT2D eigenvalue weighted by Crippen LogP contribution is 2.20. The zero-order chi connectivity index (χ0) is 10.7. The minimum atomic E-state index is -0.681. The number of amides is 2. The molecule has 0 aliphatic carbocycles. The third-order valence-electron chi connectivity index (χ3n) is 3.19.